The van der Waals surface area contributed by atoms with E-state index in [9.17, 15) is 22.4 Å². The number of aromatic nitrogens is 1. The summed E-state index contributed by atoms with van der Waals surface area (Å²) in [5, 5.41) is 2.88. The second-order valence-electron chi connectivity index (χ2n) is 7.12. The maximum Gasteiger partial charge on any atom is 0.387 e. The first kappa shape index (κ1) is 22.5. The lowest BCUT2D eigenvalue weighted by Gasteiger charge is -2.12. The van der Waals surface area contributed by atoms with Crippen LogP contribution in [0.15, 0.2) is 54.6 Å². The zero-order valence-corrected chi connectivity index (χ0v) is 17.9. The number of halogens is 4. The van der Waals surface area contributed by atoms with Crippen LogP contribution < -0.4 is 15.8 Å². The maximum absolute atomic E-state index is 13.5. The van der Waals surface area contributed by atoms with Crippen LogP contribution in [0.25, 0.3) is 21.3 Å². The number of hydrogen-bond acceptors (Lipinski definition) is 5. The van der Waals surface area contributed by atoms with Crippen molar-refractivity contribution in [3.05, 3.63) is 70.7 Å². The molecule has 0 fully saturated rings. The lowest BCUT2D eigenvalue weighted by molar-refractivity contribution is -0.0494. The van der Waals surface area contributed by atoms with Crippen molar-refractivity contribution in [3.8, 4) is 16.9 Å². The number of pyridine rings is 1. The van der Waals surface area contributed by atoms with Crippen LogP contribution in [0.5, 0.6) is 5.75 Å². The Morgan fingerprint density at radius 3 is 2.48 bits per heavy atom. The lowest BCUT2D eigenvalue weighted by Crippen LogP contribution is -2.14. The monoisotopic (exact) mass is 475 g/mol. The van der Waals surface area contributed by atoms with Gasteiger partial charge in [0.15, 0.2) is 0 Å². The SMILES string of the molecule is Cc1ccc(NC(=O)c2sc3nc(C(F)F)cc(-c4ccccc4)c3c2N)c(OC(F)F)c1. The first-order valence-electron chi connectivity index (χ1n) is 9.68. The summed E-state index contributed by atoms with van der Waals surface area (Å²) in [6.45, 7) is -1.40. The highest BCUT2D eigenvalue weighted by molar-refractivity contribution is 7.21. The molecule has 2 aromatic heterocycles. The molecule has 170 valence electrons. The topological polar surface area (TPSA) is 77.2 Å². The molecule has 33 heavy (non-hydrogen) atoms. The van der Waals surface area contributed by atoms with Gasteiger partial charge in [0.05, 0.1) is 11.4 Å². The number of carbonyl (C=O) groups is 1. The van der Waals surface area contributed by atoms with Crippen LogP contribution in [-0.4, -0.2) is 17.5 Å². The molecule has 4 rings (SSSR count). The van der Waals surface area contributed by atoms with Crippen molar-refractivity contribution in [2.75, 3.05) is 11.1 Å². The van der Waals surface area contributed by atoms with Crippen molar-refractivity contribution in [1.29, 1.82) is 0 Å². The highest BCUT2D eigenvalue weighted by Crippen LogP contribution is 2.41. The number of amides is 1. The van der Waals surface area contributed by atoms with Crippen LogP contribution in [0.1, 0.15) is 27.4 Å². The lowest BCUT2D eigenvalue weighted by atomic mass is 10.0. The molecule has 10 heteroatoms. The van der Waals surface area contributed by atoms with Crippen molar-refractivity contribution in [3.63, 3.8) is 0 Å². The van der Waals surface area contributed by atoms with Crippen LogP contribution in [0.3, 0.4) is 0 Å². The van der Waals surface area contributed by atoms with E-state index in [1.807, 2.05) is 0 Å². The van der Waals surface area contributed by atoms with Crippen molar-refractivity contribution in [2.45, 2.75) is 20.0 Å². The number of anilines is 2. The Bertz CT molecular complexity index is 1330. The smallest absolute Gasteiger partial charge is 0.387 e. The van der Waals surface area contributed by atoms with Gasteiger partial charge >= 0.3 is 6.61 Å². The van der Waals surface area contributed by atoms with E-state index in [1.54, 1.807) is 43.3 Å². The summed E-state index contributed by atoms with van der Waals surface area (Å²) in [6, 6.07) is 14.4. The van der Waals surface area contributed by atoms with E-state index in [1.165, 1.54) is 18.2 Å². The molecule has 0 aliphatic rings. The van der Waals surface area contributed by atoms with E-state index in [0.717, 1.165) is 11.3 Å². The standard InChI is InChI=1S/C23H17F4N3O2S/c1-11-7-8-14(16(9-11)32-23(26)27)29-21(31)19-18(28)17-13(12-5-3-2-4-6-12)10-15(20(24)25)30-22(17)33-19/h2-10,20,23H,28H2,1H3,(H,29,31). The van der Waals surface area contributed by atoms with E-state index in [2.05, 4.69) is 15.0 Å². The minimum absolute atomic E-state index is 0.0182. The number of carbonyl (C=O) groups excluding carboxylic acids is 1. The second kappa shape index (κ2) is 9.07. The molecule has 0 saturated carbocycles. The van der Waals surface area contributed by atoms with Crippen LogP contribution in [-0.2, 0) is 0 Å². The first-order valence-corrected chi connectivity index (χ1v) is 10.5. The minimum Gasteiger partial charge on any atom is -0.433 e. The van der Waals surface area contributed by atoms with Crippen molar-refractivity contribution < 1.29 is 27.1 Å². The predicted molar refractivity (Wildman–Crippen MR) is 120 cm³/mol. The van der Waals surface area contributed by atoms with E-state index >= 15 is 0 Å². The number of aryl methyl sites for hydroxylation is 1. The molecule has 5 nitrogen and oxygen atoms in total. The van der Waals surface area contributed by atoms with E-state index in [-0.39, 0.29) is 26.8 Å². The van der Waals surface area contributed by atoms with Crippen LogP contribution in [0.4, 0.5) is 28.9 Å². The Morgan fingerprint density at radius 2 is 1.82 bits per heavy atom. The number of rotatable bonds is 6. The van der Waals surface area contributed by atoms with Crippen LogP contribution >= 0.6 is 11.3 Å². The van der Waals surface area contributed by atoms with Gasteiger partial charge in [-0.2, -0.15) is 8.78 Å². The van der Waals surface area contributed by atoms with Crippen molar-refractivity contribution in [1.82, 2.24) is 4.98 Å². The van der Waals surface area contributed by atoms with E-state index in [0.29, 0.717) is 22.1 Å². The molecule has 0 aliphatic carbocycles. The third-order valence-corrected chi connectivity index (χ3v) is 5.93. The Morgan fingerprint density at radius 1 is 1.09 bits per heavy atom. The number of benzene rings is 2. The highest BCUT2D eigenvalue weighted by Gasteiger charge is 2.24. The zero-order chi connectivity index (χ0) is 23.7. The number of thiophene rings is 1. The summed E-state index contributed by atoms with van der Waals surface area (Å²) in [4.78, 5) is 17.2. The molecule has 0 radical (unpaired) electrons. The molecule has 2 heterocycles. The van der Waals surface area contributed by atoms with Gasteiger partial charge in [0.1, 0.15) is 21.2 Å². The van der Waals surface area contributed by atoms with Crippen LogP contribution in [0, 0.1) is 6.92 Å². The molecule has 0 saturated heterocycles. The Hall–Kier alpha value is -3.66. The Kier molecular flexibility index (Phi) is 6.19. The first-order chi connectivity index (χ1) is 15.7. The van der Waals surface area contributed by atoms with Crippen LogP contribution in [0.2, 0.25) is 0 Å². The van der Waals surface area contributed by atoms with Gasteiger partial charge in [0, 0.05) is 5.39 Å². The largest absolute Gasteiger partial charge is 0.433 e. The number of hydrogen-bond donors (Lipinski definition) is 2. The van der Waals surface area contributed by atoms with Crippen molar-refractivity contribution in [2.24, 2.45) is 0 Å². The molecule has 0 aliphatic heterocycles. The number of nitrogens with zero attached hydrogens (tertiary/aromatic N) is 1. The number of fused-ring (bicyclic) bond motifs is 1. The molecule has 0 spiro atoms. The number of alkyl halides is 4. The number of nitrogens with two attached hydrogens (primary N) is 1. The van der Waals surface area contributed by atoms with Gasteiger partial charge in [-0.1, -0.05) is 36.4 Å². The van der Waals surface area contributed by atoms with E-state index < -0.39 is 24.6 Å². The molecule has 2 aromatic carbocycles. The predicted octanol–water partition coefficient (Wildman–Crippen LogP) is 6.65. The third kappa shape index (κ3) is 4.61. The van der Waals surface area contributed by atoms with Gasteiger partial charge in [-0.3, -0.25) is 4.79 Å². The quantitative estimate of drug-likeness (QED) is 0.306. The maximum atomic E-state index is 13.5. The average Bonchev–Trinajstić information content (AvgIpc) is 3.12. The fourth-order valence-corrected chi connectivity index (χ4v) is 4.39. The Balaban J connectivity index is 1.80. The molecule has 1 amide bonds. The van der Waals surface area contributed by atoms with Gasteiger partial charge in [-0.05, 0) is 41.8 Å². The fourth-order valence-electron chi connectivity index (χ4n) is 3.37. The molecular weight excluding hydrogens is 458 g/mol. The number of ether oxygens (including phenoxy) is 1. The summed E-state index contributed by atoms with van der Waals surface area (Å²) < 4.78 is 57.0. The van der Waals surface area contributed by atoms with Gasteiger partial charge in [0.25, 0.3) is 12.3 Å². The fraction of sp³-hybridized carbons (Fsp3) is 0.130. The molecule has 0 atom stereocenters. The minimum atomic E-state index is -3.08. The summed E-state index contributed by atoms with van der Waals surface area (Å²) in [5.41, 5.74) is 7.61. The molecule has 0 unspecified atom stereocenters. The number of nitrogen functional groups attached to an aromatic ring is 1. The molecule has 4 aromatic rings. The van der Waals surface area contributed by atoms with E-state index in [4.69, 9.17) is 5.73 Å². The molecular formula is C23H17F4N3O2S. The number of nitrogens with one attached hydrogen (secondary N) is 1. The van der Waals surface area contributed by atoms with Gasteiger partial charge in [0.2, 0.25) is 0 Å². The van der Waals surface area contributed by atoms with Gasteiger partial charge in [-0.25, -0.2) is 13.8 Å². The molecule has 0 bridgehead atoms. The summed E-state index contributed by atoms with van der Waals surface area (Å²) >= 11 is 0.844. The Labute approximate surface area is 189 Å². The molecule has 3 N–H and O–H groups in total. The zero-order valence-electron chi connectivity index (χ0n) is 17.1. The highest BCUT2D eigenvalue weighted by atomic mass is 32.1. The van der Waals surface area contributed by atoms with Gasteiger partial charge < -0.3 is 15.8 Å². The normalized spacial score (nSPS) is 11.4. The second-order valence-corrected chi connectivity index (χ2v) is 8.12. The van der Waals surface area contributed by atoms with Gasteiger partial charge in [-0.15, -0.1) is 11.3 Å². The van der Waals surface area contributed by atoms with Crippen molar-refractivity contribution >= 4 is 38.8 Å². The summed E-state index contributed by atoms with van der Waals surface area (Å²) in [7, 11) is 0. The third-order valence-electron chi connectivity index (χ3n) is 4.83. The summed E-state index contributed by atoms with van der Waals surface area (Å²) in [6.07, 6.45) is -2.82. The average molecular weight is 475 g/mol. The summed E-state index contributed by atoms with van der Waals surface area (Å²) in [5.74, 6) is -0.905.